The van der Waals surface area contributed by atoms with Crippen LogP contribution in [0.3, 0.4) is 0 Å². The minimum absolute atomic E-state index is 0.0923. The van der Waals surface area contributed by atoms with Crippen molar-refractivity contribution in [2.75, 3.05) is 0 Å². The first kappa shape index (κ1) is 13.1. The van der Waals surface area contributed by atoms with Gasteiger partial charge in [-0.3, -0.25) is 9.59 Å². The first-order valence-corrected chi connectivity index (χ1v) is 5.98. The summed E-state index contributed by atoms with van der Waals surface area (Å²) in [7, 11) is 0. The number of hydrogen-bond donors (Lipinski definition) is 1. The Morgan fingerprint density at radius 2 is 2.21 bits per heavy atom. The summed E-state index contributed by atoms with van der Waals surface area (Å²) in [5, 5.41) is 6.71. The monoisotopic (exact) mass is 261 g/mol. The third-order valence-electron chi connectivity index (χ3n) is 2.55. The van der Waals surface area contributed by atoms with Crippen molar-refractivity contribution >= 4 is 5.91 Å². The summed E-state index contributed by atoms with van der Waals surface area (Å²) in [4.78, 5) is 23.4. The van der Waals surface area contributed by atoms with E-state index in [1.165, 1.54) is 16.8 Å². The number of aromatic nitrogens is 2. The number of nitrogens with one attached hydrogen (secondary N) is 1. The van der Waals surface area contributed by atoms with Crippen LogP contribution in [0.25, 0.3) is 0 Å². The lowest BCUT2D eigenvalue weighted by Crippen LogP contribution is -2.30. The van der Waals surface area contributed by atoms with Gasteiger partial charge in [0.05, 0.1) is 18.8 Å². The van der Waals surface area contributed by atoms with Crippen LogP contribution < -0.4 is 10.9 Å². The number of hydrogen-bond acceptors (Lipinski definition) is 4. The van der Waals surface area contributed by atoms with E-state index in [-0.39, 0.29) is 29.7 Å². The average molecular weight is 261 g/mol. The van der Waals surface area contributed by atoms with Crippen LogP contribution in [0, 0.1) is 0 Å². The Bertz CT molecular complexity index is 614. The van der Waals surface area contributed by atoms with E-state index in [1.807, 2.05) is 13.8 Å². The Labute approximate surface area is 110 Å². The fraction of sp³-hybridized carbons (Fsp3) is 0.308. The molecule has 0 unspecified atom stereocenters. The predicted molar refractivity (Wildman–Crippen MR) is 68.8 cm³/mol. The van der Waals surface area contributed by atoms with Crippen molar-refractivity contribution in [3.05, 3.63) is 52.3 Å². The van der Waals surface area contributed by atoms with E-state index in [0.717, 1.165) is 0 Å². The molecule has 6 nitrogen and oxygen atoms in total. The molecule has 0 saturated heterocycles. The molecule has 0 saturated carbocycles. The summed E-state index contributed by atoms with van der Waals surface area (Å²) in [6.07, 6.45) is 1.54. The molecule has 2 aromatic rings. The van der Waals surface area contributed by atoms with Gasteiger partial charge in [-0.15, -0.1) is 0 Å². The molecule has 1 N–H and O–H groups in total. The lowest BCUT2D eigenvalue weighted by atomic mass is 10.3. The van der Waals surface area contributed by atoms with Crippen molar-refractivity contribution in [1.29, 1.82) is 0 Å². The van der Waals surface area contributed by atoms with Crippen molar-refractivity contribution in [3.8, 4) is 0 Å². The number of amides is 1. The van der Waals surface area contributed by atoms with Gasteiger partial charge in [-0.1, -0.05) is 0 Å². The lowest BCUT2D eigenvalue weighted by Gasteiger charge is -2.09. The maximum Gasteiger partial charge on any atom is 0.272 e. The number of carbonyl (C=O) groups excluding carboxylic acids is 1. The number of carbonyl (C=O) groups is 1. The van der Waals surface area contributed by atoms with Crippen LogP contribution in [0.2, 0.25) is 0 Å². The lowest BCUT2D eigenvalue weighted by molar-refractivity contribution is 0.0940. The number of rotatable bonds is 4. The van der Waals surface area contributed by atoms with Crippen molar-refractivity contribution in [2.45, 2.75) is 26.4 Å². The molecule has 0 spiro atoms. The van der Waals surface area contributed by atoms with Crippen molar-refractivity contribution < 1.29 is 9.21 Å². The van der Waals surface area contributed by atoms with Crippen LogP contribution in [0.4, 0.5) is 0 Å². The Morgan fingerprint density at radius 1 is 1.42 bits per heavy atom. The largest absolute Gasteiger partial charge is 0.467 e. The van der Waals surface area contributed by atoms with E-state index in [1.54, 1.807) is 18.4 Å². The second-order valence-corrected chi connectivity index (χ2v) is 4.36. The van der Waals surface area contributed by atoms with Gasteiger partial charge in [0.15, 0.2) is 0 Å². The van der Waals surface area contributed by atoms with Crippen LogP contribution in [0.1, 0.15) is 36.1 Å². The van der Waals surface area contributed by atoms with E-state index in [9.17, 15) is 9.59 Å². The normalized spacial score (nSPS) is 10.7. The van der Waals surface area contributed by atoms with Crippen LogP contribution in [0.5, 0.6) is 0 Å². The highest BCUT2D eigenvalue weighted by Gasteiger charge is 2.11. The van der Waals surface area contributed by atoms with E-state index >= 15 is 0 Å². The van der Waals surface area contributed by atoms with Gasteiger partial charge in [-0.25, -0.2) is 4.68 Å². The highest BCUT2D eigenvalue weighted by atomic mass is 16.3. The SMILES string of the molecule is CC(C)n1nc(C(=O)NCc2ccco2)ccc1=O. The minimum Gasteiger partial charge on any atom is -0.467 e. The van der Waals surface area contributed by atoms with E-state index < -0.39 is 0 Å². The van der Waals surface area contributed by atoms with Gasteiger partial charge >= 0.3 is 0 Å². The molecule has 0 aromatic carbocycles. The molecule has 0 fully saturated rings. The molecule has 2 heterocycles. The molecular weight excluding hydrogens is 246 g/mol. The summed E-state index contributed by atoms with van der Waals surface area (Å²) in [6.45, 7) is 3.95. The smallest absolute Gasteiger partial charge is 0.272 e. The third-order valence-corrected chi connectivity index (χ3v) is 2.55. The first-order chi connectivity index (χ1) is 9.08. The molecule has 2 aromatic heterocycles. The molecule has 2 rings (SSSR count). The second-order valence-electron chi connectivity index (χ2n) is 4.36. The third kappa shape index (κ3) is 3.09. The van der Waals surface area contributed by atoms with Crippen molar-refractivity contribution in [2.24, 2.45) is 0 Å². The summed E-state index contributed by atoms with van der Waals surface area (Å²) in [6, 6.07) is 6.18. The zero-order valence-corrected chi connectivity index (χ0v) is 10.8. The number of nitrogens with zero attached hydrogens (tertiary/aromatic N) is 2. The van der Waals surface area contributed by atoms with Crippen molar-refractivity contribution in [1.82, 2.24) is 15.1 Å². The Morgan fingerprint density at radius 3 is 2.84 bits per heavy atom. The topological polar surface area (TPSA) is 77.1 Å². The quantitative estimate of drug-likeness (QED) is 0.901. The van der Waals surface area contributed by atoms with E-state index in [2.05, 4.69) is 10.4 Å². The summed E-state index contributed by atoms with van der Waals surface area (Å²) in [5.41, 5.74) is -0.0163. The Balaban J connectivity index is 2.11. The molecule has 6 heteroatoms. The Kier molecular flexibility index (Phi) is 3.79. The molecule has 0 aliphatic rings. The van der Waals surface area contributed by atoms with Gasteiger partial charge in [-0.05, 0) is 32.0 Å². The standard InChI is InChI=1S/C13H15N3O3/c1-9(2)16-12(17)6-5-11(15-16)13(18)14-8-10-4-3-7-19-10/h3-7,9H,8H2,1-2H3,(H,14,18). The van der Waals surface area contributed by atoms with Crippen LogP contribution in [0.15, 0.2) is 39.7 Å². The number of furan rings is 1. The average Bonchev–Trinajstić information content (AvgIpc) is 2.89. The van der Waals surface area contributed by atoms with Gasteiger partial charge in [0.25, 0.3) is 11.5 Å². The van der Waals surface area contributed by atoms with Gasteiger partial charge in [-0.2, -0.15) is 5.10 Å². The van der Waals surface area contributed by atoms with Gasteiger partial charge in [0.1, 0.15) is 11.5 Å². The van der Waals surface area contributed by atoms with E-state index in [4.69, 9.17) is 4.42 Å². The molecule has 0 aliphatic heterocycles. The fourth-order valence-corrected chi connectivity index (χ4v) is 1.59. The summed E-state index contributed by atoms with van der Waals surface area (Å²) < 4.78 is 6.39. The van der Waals surface area contributed by atoms with Crippen LogP contribution in [-0.2, 0) is 6.54 Å². The molecule has 1 amide bonds. The zero-order chi connectivity index (χ0) is 13.8. The molecule has 100 valence electrons. The van der Waals surface area contributed by atoms with Gasteiger partial charge in [0, 0.05) is 6.07 Å². The maximum atomic E-state index is 11.9. The van der Waals surface area contributed by atoms with Crippen LogP contribution >= 0.6 is 0 Å². The molecule has 0 bridgehead atoms. The van der Waals surface area contributed by atoms with Gasteiger partial charge in [0.2, 0.25) is 0 Å². The highest BCUT2D eigenvalue weighted by Crippen LogP contribution is 2.01. The fourth-order valence-electron chi connectivity index (χ4n) is 1.59. The minimum atomic E-state index is -0.342. The molecule has 0 radical (unpaired) electrons. The van der Waals surface area contributed by atoms with Gasteiger partial charge < -0.3 is 9.73 Å². The molecule has 19 heavy (non-hydrogen) atoms. The van der Waals surface area contributed by atoms with Crippen molar-refractivity contribution in [3.63, 3.8) is 0 Å². The first-order valence-electron chi connectivity index (χ1n) is 5.98. The van der Waals surface area contributed by atoms with Crippen LogP contribution in [-0.4, -0.2) is 15.7 Å². The zero-order valence-electron chi connectivity index (χ0n) is 10.8. The summed E-state index contributed by atoms with van der Waals surface area (Å²) >= 11 is 0. The molecule has 0 atom stereocenters. The summed E-state index contributed by atoms with van der Waals surface area (Å²) in [5.74, 6) is 0.316. The Hall–Kier alpha value is -2.37. The molecule has 0 aliphatic carbocycles. The molecular formula is C13H15N3O3. The van der Waals surface area contributed by atoms with E-state index in [0.29, 0.717) is 5.76 Å². The predicted octanol–water partition coefficient (Wildman–Crippen LogP) is 1.35. The second kappa shape index (κ2) is 5.51. The maximum absolute atomic E-state index is 11.9. The highest BCUT2D eigenvalue weighted by molar-refractivity contribution is 5.91.